The minimum Gasteiger partial charge on any atom is -0.342 e. The van der Waals surface area contributed by atoms with Crippen LogP contribution in [0.5, 0.6) is 0 Å². The minimum atomic E-state index is 0.122. The van der Waals surface area contributed by atoms with Gasteiger partial charge in [-0.2, -0.15) is 0 Å². The summed E-state index contributed by atoms with van der Waals surface area (Å²) < 4.78 is 0. The van der Waals surface area contributed by atoms with E-state index in [-0.39, 0.29) is 23.8 Å². The first-order valence-electron chi connectivity index (χ1n) is 9.18. The fourth-order valence-electron chi connectivity index (χ4n) is 4.09. The van der Waals surface area contributed by atoms with Crippen molar-refractivity contribution in [1.82, 2.24) is 14.7 Å². The topological polar surface area (TPSA) is 69.9 Å². The van der Waals surface area contributed by atoms with Gasteiger partial charge in [-0.15, -0.1) is 0 Å². The maximum Gasteiger partial charge on any atom is 0.236 e. The zero-order chi connectivity index (χ0) is 16.2. The Morgan fingerprint density at radius 2 is 1.57 bits per heavy atom. The van der Waals surface area contributed by atoms with E-state index in [1.165, 1.54) is 0 Å². The average molecular weight is 322 g/mol. The van der Waals surface area contributed by atoms with E-state index in [0.717, 1.165) is 77.8 Å². The molecule has 0 radical (unpaired) electrons. The number of carbonyl (C=O) groups is 2. The fraction of sp³-hybridized carbons (Fsp3) is 0.882. The maximum absolute atomic E-state index is 12.6. The fourth-order valence-corrected chi connectivity index (χ4v) is 4.09. The smallest absolute Gasteiger partial charge is 0.236 e. The van der Waals surface area contributed by atoms with Crippen molar-refractivity contribution >= 4 is 11.8 Å². The molecule has 2 N–H and O–H groups in total. The van der Waals surface area contributed by atoms with Gasteiger partial charge in [-0.05, 0) is 32.1 Å². The number of piperazine rings is 1. The molecule has 2 unspecified atom stereocenters. The van der Waals surface area contributed by atoms with Crippen LogP contribution in [0, 0.1) is 5.92 Å². The SMILES string of the molecule is NC1CCCC(C(=O)N2CCN(CC(=O)N3CCCC3)CC2)C1. The number of rotatable bonds is 3. The zero-order valence-corrected chi connectivity index (χ0v) is 14.1. The molecule has 130 valence electrons. The van der Waals surface area contributed by atoms with Crippen LogP contribution in [0.25, 0.3) is 0 Å². The van der Waals surface area contributed by atoms with Crippen LogP contribution in [-0.2, 0) is 9.59 Å². The van der Waals surface area contributed by atoms with Gasteiger partial charge < -0.3 is 15.5 Å². The van der Waals surface area contributed by atoms with Gasteiger partial charge in [0.15, 0.2) is 0 Å². The zero-order valence-electron chi connectivity index (χ0n) is 14.1. The third kappa shape index (κ3) is 4.23. The van der Waals surface area contributed by atoms with E-state index >= 15 is 0 Å². The van der Waals surface area contributed by atoms with E-state index < -0.39 is 0 Å². The Balaban J connectivity index is 1.42. The van der Waals surface area contributed by atoms with Crippen molar-refractivity contribution in [2.24, 2.45) is 11.7 Å². The summed E-state index contributed by atoms with van der Waals surface area (Å²) in [4.78, 5) is 31.0. The first-order valence-corrected chi connectivity index (χ1v) is 9.18. The highest BCUT2D eigenvalue weighted by Gasteiger charge is 2.31. The molecular formula is C17H30N4O2. The molecule has 0 aromatic heterocycles. The third-order valence-electron chi connectivity index (χ3n) is 5.57. The van der Waals surface area contributed by atoms with Crippen molar-refractivity contribution in [3.63, 3.8) is 0 Å². The lowest BCUT2D eigenvalue weighted by atomic mass is 9.85. The molecule has 0 aromatic rings. The lowest BCUT2D eigenvalue weighted by molar-refractivity contribution is -0.139. The molecule has 1 aliphatic carbocycles. The van der Waals surface area contributed by atoms with Gasteiger partial charge in [0.1, 0.15) is 0 Å². The Hall–Kier alpha value is -1.14. The standard InChI is InChI=1S/C17H30N4O2/c18-15-5-3-4-14(12-15)17(23)21-10-8-19(9-11-21)13-16(22)20-6-1-2-7-20/h14-15H,1-13,18H2. The maximum atomic E-state index is 12.6. The molecule has 0 aromatic carbocycles. The van der Waals surface area contributed by atoms with E-state index in [0.29, 0.717) is 6.54 Å². The molecule has 2 atom stereocenters. The molecule has 3 aliphatic rings. The first-order chi connectivity index (χ1) is 11.1. The minimum absolute atomic E-state index is 0.122. The number of likely N-dealkylation sites (tertiary alicyclic amines) is 1. The predicted molar refractivity (Wildman–Crippen MR) is 88.8 cm³/mol. The summed E-state index contributed by atoms with van der Waals surface area (Å²) in [6.45, 7) is 5.46. The Kier molecular flexibility index (Phi) is 5.54. The average Bonchev–Trinajstić information content (AvgIpc) is 3.09. The number of nitrogens with two attached hydrogens (primary N) is 1. The van der Waals surface area contributed by atoms with Gasteiger partial charge in [-0.3, -0.25) is 14.5 Å². The molecule has 6 nitrogen and oxygen atoms in total. The van der Waals surface area contributed by atoms with Gasteiger partial charge in [-0.1, -0.05) is 6.42 Å². The lowest BCUT2D eigenvalue weighted by Crippen LogP contribution is -2.53. The molecule has 3 fully saturated rings. The third-order valence-corrected chi connectivity index (χ3v) is 5.57. The molecule has 2 amide bonds. The van der Waals surface area contributed by atoms with Crippen LogP contribution in [-0.4, -0.2) is 78.4 Å². The van der Waals surface area contributed by atoms with Gasteiger partial charge in [0.05, 0.1) is 6.54 Å². The summed E-state index contributed by atoms with van der Waals surface area (Å²) in [6.07, 6.45) is 6.22. The highest BCUT2D eigenvalue weighted by molar-refractivity contribution is 5.80. The quantitative estimate of drug-likeness (QED) is 0.810. The van der Waals surface area contributed by atoms with Gasteiger partial charge in [0.2, 0.25) is 11.8 Å². The molecule has 3 rings (SSSR count). The largest absolute Gasteiger partial charge is 0.342 e. The predicted octanol–water partition coefficient (Wildman–Crippen LogP) is 0.271. The Morgan fingerprint density at radius 1 is 0.870 bits per heavy atom. The molecule has 2 saturated heterocycles. The summed E-state index contributed by atoms with van der Waals surface area (Å²) in [5.41, 5.74) is 6.01. The summed E-state index contributed by atoms with van der Waals surface area (Å²) in [6, 6.07) is 0.192. The van der Waals surface area contributed by atoms with Gasteiger partial charge in [-0.25, -0.2) is 0 Å². The van der Waals surface area contributed by atoms with Crippen molar-refractivity contribution in [1.29, 1.82) is 0 Å². The van der Waals surface area contributed by atoms with Gasteiger partial charge >= 0.3 is 0 Å². The summed E-state index contributed by atoms with van der Waals surface area (Å²) >= 11 is 0. The highest BCUT2D eigenvalue weighted by atomic mass is 16.2. The second kappa shape index (κ2) is 7.62. The molecule has 6 heteroatoms. The van der Waals surface area contributed by atoms with E-state index in [2.05, 4.69) is 4.90 Å². The number of amides is 2. The molecular weight excluding hydrogens is 292 g/mol. The Morgan fingerprint density at radius 3 is 2.22 bits per heavy atom. The van der Waals surface area contributed by atoms with Gasteiger partial charge in [0.25, 0.3) is 0 Å². The second-order valence-corrected chi connectivity index (χ2v) is 7.31. The van der Waals surface area contributed by atoms with Crippen LogP contribution in [0.15, 0.2) is 0 Å². The van der Waals surface area contributed by atoms with Crippen LogP contribution in [0.1, 0.15) is 38.5 Å². The normalized spacial score (nSPS) is 29.8. The van der Waals surface area contributed by atoms with Crippen LogP contribution in [0.2, 0.25) is 0 Å². The van der Waals surface area contributed by atoms with E-state index in [9.17, 15) is 9.59 Å². The van der Waals surface area contributed by atoms with Crippen molar-refractivity contribution in [2.75, 3.05) is 45.8 Å². The number of carbonyl (C=O) groups excluding carboxylic acids is 2. The second-order valence-electron chi connectivity index (χ2n) is 7.31. The van der Waals surface area contributed by atoms with Crippen LogP contribution >= 0.6 is 0 Å². The van der Waals surface area contributed by atoms with E-state index in [1.54, 1.807) is 0 Å². The van der Waals surface area contributed by atoms with Crippen molar-refractivity contribution < 1.29 is 9.59 Å². The Labute approximate surface area is 139 Å². The van der Waals surface area contributed by atoms with Gasteiger partial charge in [0, 0.05) is 51.2 Å². The van der Waals surface area contributed by atoms with E-state index in [4.69, 9.17) is 5.73 Å². The van der Waals surface area contributed by atoms with Crippen LogP contribution in [0.4, 0.5) is 0 Å². The number of hydrogen-bond acceptors (Lipinski definition) is 4. The Bertz CT molecular complexity index is 428. The lowest BCUT2D eigenvalue weighted by Gasteiger charge is -2.37. The number of hydrogen-bond donors (Lipinski definition) is 1. The van der Waals surface area contributed by atoms with Crippen molar-refractivity contribution in [3.8, 4) is 0 Å². The molecule has 0 bridgehead atoms. The highest BCUT2D eigenvalue weighted by Crippen LogP contribution is 2.25. The summed E-state index contributed by atoms with van der Waals surface area (Å²) in [5, 5.41) is 0. The molecule has 23 heavy (non-hydrogen) atoms. The van der Waals surface area contributed by atoms with Crippen LogP contribution in [0.3, 0.4) is 0 Å². The van der Waals surface area contributed by atoms with Crippen molar-refractivity contribution in [3.05, 3.63) is 0 Å². The van der Waals surface area contributed by atoms with Crippen molar-refractivity contribution in [2.45, 2.75) is 44.6 Å². The molecule has 0 spiro atoms. The summed E-state index contributed by atoms with van der Waals surface area (Å²) in [5.74, 6) is 0.655. The first kappa shape index (κ1) is 16.7. The molecule has 2 aliphatic heterocycles. The molecule has 2 heterocycles. The molecule has 1 saturated carbocycles. The monoisotopic (exact) mass is 322 g/mol. The van der Waals surface area contributed by atoms with E-state index in [1.807, 2.05) is 9.80 Å². The van der Waals surface area contributed by atoms with Crippen LogP contribution < -0.4 is 5.73 Å². The number of nitrogens with zero attached hydrogens (tertiary/aromatic N) is 3. The summed E-state index contributed by atoms with van der Waals surface area (Å²) in [7, 11) is 0.